The first-order valence-electron chi connectivity index (χ1n) is 8.24. The van der Waals surface area contributed by atoms with Crippen molar-refractivity contribution in [3.05, 3.63) is 75.2 Å². The summed E-state index contributed by atoms with van der Waals surface area (Å²) in [4.78, 5) is 20.0. The molecule has 1 aliphatic rings. The summed E-state index contributed by atoms with van der Waals surface area (Å²) in [7, 11) is 0. The third-order valence-corrected chi connectivity index (χ3v) is 4.53. The lowest BCUT2D eigenvalue weighted by molar-refractivity contribution is 0.354. The Bertz CT molecular complexity index is 994. The molecule has 1 aromatic heterocycles. The second-order valence-corrected chi connectivity index (χ2v) is 6.21. The number of H-pyrrole nitrogens is 1. The van der Waals surface area contributed by atoms with Gasteiger partial charge in [0.2, 0.25) is 0 Å². The number of phenolic OH excluding ortho intramolecular Hbond substituents is 1. The average Bonchev–Trinajstić information content (AvgIpc) is 3.05. The SMILES string of the molecule is Cc1nc(-c2ccccc2)[nH]c(=O)c1Cc1cc2c(cc1O)OCC2. The van der Waals surface area contributed by atoms with Gasteiger partial charge in [-0.25, -0.2) is 4.98 Å². The number of hydrogen-bond donors (Lipinski definition) is 2. The monoisotopic (exact) mass is 334 g/mol. The highest BCUT2D eigenvalue weighted by Gasteiger charge is 2.18. The van der Waals surface area contributed by atoms with Crippen molar-refractivity contribution in [2.75, 3.05) is 6.61 Å². The molecule has 0 saturated carbocycles. The molecule has 0 bridgehead atoms. The number of aromatic nitrogens is 2. The van der Waals surface area contributed by atoms with Crippen LogP contribution in [-0.4, -0.2) is 21.7 Å². The number of nitrogens with zero attached hydrogens (tertiary/aromatic N) is 1. The number of aromatic amines is 1. The van der Waals surface area contributed by atoms with E-state index in [0.29, 0.717) is 35.7 Å². The Kier molecular flexibility index (Phi) is 3.76. The van der Waals surface area contributed by atoms with Crippen molar-refractivity contribution in [1.29, 1.82) is 0 Å². The number of ether oxygens (including phenoxy) is 1. The molecular formula is C20H18N2O3. The molecule has 4 rings (SSSR count). The molecule has 5 nitrogen and oxygen atoms in total. The van der Waals surface area contributed by atoms with Gasteiger partial charge in [-0.1, -0.05) is 30.3 Å². The first-order valence-corrected chi connectivity index (χ1v) is 8.24. The zero-order chi connectivity index (χ0) is 17.4. The molecule has 3 aromatic rings. The number of benzene rings is 2. The fourth-order valence-electron chi connectivity index (χ4n) is 3.15. The van der Waals surface area contributed by atoms with E-state index in [4.69, 9.17) is 4.74 Å². The van der Waals surface area contributed by atoms with Crippen LogP contribution >= 0.6 is 0 Å². The van der Waals surface area contributed by atoms with Gasteiger partial charge in [0.1, 0.15) is 17.3 Å². The van der Waals surface area contributed by atoms with Gasteiger partial charge in [0.25, 0.3) is 5.56 Å². The van der Waals surface area contributed by atoms with Crippen LogP contribution in [0.15, 0.2) is 47.3 Å². The van der Waals surface area contributed by atoms with Gasteiger partial charge in [-0.3, -0.25) is 4.79 Å². The molecule has 2 aromatic carbocycles. The Labute approximate surface area is 145 Å². The Morgan fingerprint density at radius 3 is 2.80 bits per heavy atom. The first kappa shape index (κ1) is 15.4. The van der Waals surface area contributed by atoms with E-state index in [-0.39, 0.29) is 11.3 Å². The maximum atomic E-state index is 12.6. The molecule has 0 atom stereocenters. The molecule has 2 heterocycles. The van der Waals surface area contributed by atoms with Crippen molar-refractivity contribution in [1.82, 2.24) is 9.97 Å². The van der Waals surface area contributed by atoms with Crippen molar-refractivity contribution < 1.29 is 9.84 Å². The van der Waals surface area contributed by atoms with Crippen LogP contribution in [0.1, 0.15) is 22.4 Å². The van der Waals surface area contributed by atoms with Gasteiger partial charge in [-0.2, -0.15) is 0 Å². The van der Waals surface area contributed by atoms with E-state index >= 15 is 0 Å². The lowest BCUT2D eigenvalue weighted by Crippen LogP contribution is -2.18. The molecule has 1 aliphatic heterocycles. The van der Waals surface area contributed by atoms with Crippen LogP contribution < -0.4 is 10.3 Å². The molecule has 25 heavy (non-hydrogen) atoms. The molecule has 2 N–H and O–H groups in total. The minimum absolute atomic E-state index is 0.145. The van der Waals surface area contributed by atoms with E-state index in [1.165, 1.54) is 0 Å². The van der Waals surface area contributed by atoms with Crippen LogP contribution in [0.4, 0.5) is 0 Å². The normalized spacial score (nSPS) is 12.7. The summed E-state index contributed by atoms with van der Waals surface area (Å²) in [6.07, 6.45) is 1.16. The fraction of sp³-hybridized carbons (Fsp3) is 0.200. The number of phenols is 1. The Hall–Kier alpha value is -3.08. The second-order valence-electron chi connectivity index (χ2n) is 6.21. The fourth-order valence-corrected chi connectivity index (χ4v) is 3.15. The third kappa shape index (κ3) is 2.89. The van der Waals surface area contributed by atoms with Crippen molar-refractivity contribution in [3.8, 4) is 22.9 Å². The molecule has 0 fully saturated rings. The van der Waals surface area contributed by atoms with Gasteiger partial charge in [-0.05, 0) is 24.1 Å². The maximum Gasteiger partial charge on any atom is 0.254 e. The standard InChI is InChI=1S/C20H18N2O3/c1-12-16(10-15-9-14-7-8-25-18(14)11-17(15)23)20(24)22-19(21-12)13-5-3-2-4-6-13/h2-6,9,11,23H,7-8,10H2,1H3,(H,21,22,24). The highest BCUT2D eigenvalue weighted by atomic mass is 16.5. The van der Waals surface area contributed by atoms with Gasteiger partial charge < -0.3 is 14.8 Å². The topological polar surface area (TPSA) is 75.2 Å². The minimum atomic E-state index is -0.178. The molecular weight excluding hydrogens is 316 g/mol. The van der Waals surface area contributed by atoms with Crippen molar-refractivity contribution in [2.45, 2.75) is 19.8 Å². The summed E-state index contributed by atoms with van der Waals surface area (Å²) >= 11 is 0. The molecule has 126 valence electrons. The average molecular weight is 334 g/mol. The van der Waals surface area contributed by atoms with E-state index in [0.717, 1.165) is 23.3 Å². The molecule has 0 saturated heterocycles. The van der Waals surface area contributed by atoms with Gasteiger partial charge in [0, 0.05) is 35.7 Å². The number of nitrogens with one attached hydrogen (secondary N) is 1. The zero-order valence-corrected chi connectivity index (χ0v) is 13.9. The Morgan fingerprint density at radius 2 is 2.04 bits per heavy atom. The largest absolute Gasteiger partial charge is 0.508 e. The summed E-state index contributed by atoms with van der Waals surface area (Å²) in [5, 5.41) is 10.2. The van der Waals surface area contributed by atoms with E-state index in [1.54, 1.807) is 6.07 Å². The highest BCUT2D eigenvalue weighted by Crippen LogP contribution is 2.33. The van der Waals surface area contributed by atoms with Gasteiger partial charge >= 0.3 is 0 Å². The van der Waals surface area contributed by atoms with Crippen molar-refractivity contribution >= 4 is 0 Å². The second kappa shape index (κ2) is 6.09. The Balaban J connectivity index is 1.71. The van der Waals surface area contributed by atoms with Gasteiger partial charge in [0.15, 0.2) is 0 Å². The molecule has 0 spiro atoms. The van der Waals surface area contributed by atoms with Crippen LogP contribution in [0.2, 0.25) is 0 Å². The lowest BCUT2D eigenvalue weighted by atomic mass is 10.0. The Morgan fingerprint density at radius 1 is 1.24 bits per heavy atom. The van der Waals surface area contributed by atoms with Crippen LogP contribution in [0.3, 0.4) is 0 Å². The summed E-state index contributed by atoms with van der Waals surface area (Å²) < 4.78 is 5.46. The summed E-state index contributed by atoms with van der Waals surface area (Å²) in [6.45, 7) is 2.45. The van der Waals surface area contributed by atoms with Gasteiger partial charge in [0.05, 0.1) is 6.61 Å². The third-order valence-electron chi connectivity index (χ3n) is 4.53. The van der Waals surface area contributed by atoms with Crippen LogP contribution in [0.25, 0.3) is 11.4 Å². The predicted molar refractivity (Wildman–Crippen MR) is 95.1 cm³/mol. The first-order chi connectivity index (χ1) is 12.1. The number of aromatic hydroxyl groups is 1. The summed E-state index contributed by atoms with van der Waals surface area (Å²) in [5.74, 6) is 1.43. The van der Waals surface area contributed by atoms with Crippen molar-refractivity contribution in [3.63, 3.8) is 0 Å². The van der Waals surface area contributed by atoms with Crippen LogP contribution in [-0.2, 0) is 12.8 Å². The highest BCUT2D eigenvalue weighted by molar-refractivity contribution is 5.55. The minimum Gasteiger partial charge on any atom is -0.508 e. The molecule has 0 aliphatic carbocycles. The van der Waals surface area contributed by atoms with Crippen LogP contribution in [0, 0.1) is 6.92 Å². The van der Waals surface area contributed by atoms with Gasteiger partial charge in [-0.15, -0.1) is 0 Å². The predicted octanol–water partition coefficient (Wildman–Crippen LogP) is 2.98. The summed E-state index contributed by atoms with van der Waals surface area (Å²) in [5.41, 5.74) is 3.70. The van der Waals surface area contributed by atoms with E-state index < -0.39 is 0 Å². The van der Waals surface area contributed by atoms with E-state index in [2.05, 4.69) is 9.97 Å². The molecule has 0 radical (unpaired) electrons. The number of aryl methyl sites for hydroxylation is 1. The lowest BCUT2D eigenvalue weighted by Gasteiger charge is -2.10. The summed E-state index contributed by atoms with van der Waals surface area (Å²) in [6, 6.07) is 13.1. The van der Waals surface area contributed by atoms with E-state index in [1.807, 2.05) is 43.3 Å². The number of hydrogen-bond acceptors (Lipinski definition) is 4. The molecule has 0 unspecified atom stereocenters. The van der Waals surface area contributed by atoms with E-state index in [9.17, 15) is 9.90 Å². The number of fused-ring (bicyclic) bond motifs is 1. The zero-order valence-electron chi connectivity index (χ0n) is 13.9. The molecule has 5 heteroatoms. The number of rotatable bonds is 3. The smallest absolute Gasteiger partial charge is 0.254 e. The van der Waals surface area contributed by atoms with Crippen LogP contribution in [0.5, 0.6) is 11.5 Å². The van der Waals surface area contributed by atoms with Crippen molar-refractivity contribution in [2.24, 2.45) is 0 Å². The quantitative estimate of drug-likeness (QED) is 0.772. The molecule has 0 amide bonds. The maximum absolute atomic E-state index is 12.6.